The molecule has 0 saturated heterocycles. The Morgan fingerprint density at radius 1 is 1.00 bits per heavy atom. The number of esters is 1. The summed E-state index contributed by atoms with van der Waals surface area (Å²) >= 11 is 0. The van der Waals surface area contributed by atoms with Gasteiger partial charge in [0.15, 0.2) is 0 Å². The summed E-state index contributed by atoms with van der Waals surface area (Å²) in [5, 5.41) is 14.6. The number of benzene rings is 3. The summed E-state index contributed by atoms with van der Waals surface area (Å²) in [7, 11) is 0. The zero-order valence-corrected chi connectivity index (χ0v) is 15.9. The van der Waals surface area contributed by atoms with Crippen molar-refractivity contribution in [3.05, 3.63) is 105 Å². The Hall–Kier alpha value is -4.33. The number of nitrogens with one attached hydrogen (secondary N) is 1. The van der Waals surface area contributed by atoms with E-state index in [0.29, 0.717) is 16.9 Å². The van der Waals surface area contributed by atoms with Crippen molar-refractivity contribution >= 4 is 23.8 Å². The van der Waals surface area contributed by atoms with Crippen molar-refractivity contribution in [3.8, 4) is 5.75 Å². The molecule has 0 spiro atoms. The van der Waals surface area contributed by atoms with Gasteiger partial charge >= 0.3 is 5.97 Å². The van der Waals surface area contributed by atoms with Crippen LogP contribution in [0.1, 0.15) is 31.8 Å². The van der Waals surface area contributed by atoms with Gasteiger partial charge in [-0.25, -0.2) is 10.2 Å². The number of nitro groups is 1. The van der Waals surface area contributed by atoms with Crippen molar-refractivity contribution < 1.29 is 19.2 Å². The lowest BCUT2D eigenvalue weighted by Gasteiger charge is -2.05. The summed E-state index contributed by atoms with van der Waals surface area (Å²) in [6, 6.07) is 19.0. The van der Waals surface area contributed by atoms with Gasteiger partial charge < -0.3 is 4.74 Å². The molecule has 0 radical (unpaired) electrons. The van der Waals surface area contributed by atoms with E-state index in [1.807, 2.05) is 19.1 Å². The van der Waals surface area contributed by atoms with E-state index in [0.717, 1.165) is 5.56 Å². The summed E-state index contributed by atoms with van der Waals surface area (Å²) in [5.41, 5.74) is 4.41. The number of carbonyl (C=O) groups excluding carboxylic acids is 2. The molecule has 0 aromatic heterocycles. The van der Waals surface area contributed by atoms with Gasteiger partial charge in [0, 0.05) is 17.7 Å². The van der Waals surface area contributed by atoms with Crippen molar-refractivity contribution in [1.29, 1.82) is 0 Å². The highest BCUT2D eigenvalue weighted by molar-refractivity contribution is 5.95. The molecule has 0 aliphatic rings. The number of ether oxygens (including phenoxy) is 1. The average molecular weight is 403 g/mol. The number of carbonyl (C=O) groups is 2. The fourth-order valence-electron chi connectivity index (χ4n) is 2.47. The lowest BCUT2D eigenvalue weighted by molar-refractivity contribution is -0.384. The van der Waals surface area contributed by atoms with E-state index in [4.69, 9.17) is 4.74 Å². The Morgan fingerprint density at radius 3 is 2.37 bits per heavy atom. The second kappa shape index (κ2) is 9.24. The minimum atomic E-state index is -0.576. The second-order valence-corrected chi connectivity index (χ2v) is 6.33. The number of aryl methyl sites for hydroxylation is 1. The van der Waals surface area contributed by atoms with Crippen molar-refractivity contribution in [2.24, 2.45) is 5.10 Å². The number of nitrogens with zero attached hydrogens (tertiary/aromatic N) is 2. The lowest BCUT2D eigenvalue weighted by Crippen LogP contribution is -2.17. The predicted molar refractivity (Wildman–Crippen MR) is 111 cm³/mol. The van der Waals surface area contributed by atoms with Gasteiger partial charge in [-0.2, -0.15) is 5.10 Å². The topological polar surface area (TPSA) is 111 Å². The molecule has 0 heterocycles. The van der Waals surface area contributed by atoms with Crippen molar-refractivity contribution in [2.75, 3.05) is 0 Å². The quantitative estimate of drug-likeness (QED) is 0.221. The molecule has 0 atom stereocenters. The Balaban J connectivity index is 1.57. The molecule has 0 unspecified atom stereocenters. The molecule has 150 valence electrons. The maximum Gasteiger partial charge on any atom is 0.343 e. The molecule has 1 N–H and O–H groups in total. The van der Waals surface area contributed by atoms with Crippen LogP contribution in [0.5, 0.6) is 5.75 Å². The number of hydrazone groups is 1. The Morgan fingerprint density at radius 2 is 1.70 bits per heavy atom. The van der Waals surface area contributed by atoms with Crippen LogP contribution in [-0.2, 0) is 0 Å². The van der Waals surface area contributed by atoms with Crippen molar-refractivity contribution in [2.45, 2.75) is 6.92 Å². The molecule has 0 bridgehead atoms. The fourth-order valence-corrected chi connectivity index (χ4v) is 2.47. The third kappa shape index (κ3) is 5.35. The monoisotopic (exact) mass is 403 g/mol. The van der Waals surface area contributed by atoms with Gasteiger partial charge in [-0.3, -0.25) is 14.9 Å². The first-order valence-corrected chi connectivity index (χ1v) is 8.89. The Bertz CT molecular complexity index is 1110. The largest absolute Gasteiger partial charge is 0.423 e. The highest BCUT2D eigenvalue weighted by atomic mass is 16.6. The number of amides is 1. The van der Waals surface area contributed by atoms with Gasteiger partial charge in [0.2, 0.25) is 0 Å². The summed E-state index contributed by atoms with van der Waals surface area (Å²) in [6.07, 6.45) is 1.40. The van der Waals surface area contributed by atoms with Gasteiger partial charge in [0.25, 0.3) is 11.6 Å². The molecule has 30 heavy (non-hydrogen) atoms. The van der Waals surface area contributed by atoms with Crippen LogP contribution >= 0.6 is 0 Å². The van der Waals surface area contributed by atoms with Crippen LogP contribution in [0.25, 0.3) is 0 Å². The van der Waals surface area contributed by atoms with Crippen molar-refractivity contribution in [3.63, 3.8) is 0 Å². The van der Waals surface area contributed by atoms with E-state index >= 15 is 0 Å². The van der Waals surface area contributed by atoms with Crippen LogP contribution in [0, 0.1) is 17.0 Å². The molecule has 3 rings (SSSR count). The molecule has 0 aliphatic heterocycles. The molecule has 8 nitrogen and oxygen atoms in total. The molecular formula is C22H17N3O5. The van der Waals surface area contributed by atoms with E-state index in [9.17, 15) is 19.7 Å². The number of non-ortho nitro benzene ring substituents is 1. The van der Waals surface area contributed by atoms with Crippen LogP contribution < -0.4 is 10.2 Å². The van der Waals surface area contributed by atoms with E-state index in [1.54, 1.807) is 36.4 Å². The molecular weight excluding hydrogens is 386 g/mol. The molecule has 3 aromatic carbocycles. The zero-order valence-electron chi connectivity index (χ0n) is 15.9. The molecule has 8 heteroatoms. The Kier molecular flexibility index (Phi) is 6.29. The van der Waals surface area contributed by atoms with Crippen LogP contribution in [-0.4, -0.2) is 23.0 Å². The Labute approximate surface area is 172 Å². The van der Waals surface area contributed by atoms with Gasteiger partial charge in [0.1, 0.15) is 5.75 Å². The normalized spacial score (nSPS) is 10.6. The highest BCUT2D eigenvalue weighted by Crippen LogP contribution is 2.15. The molecule has 3 aromatic rings. The molecule has 1 amide bonds. The number of hydrogen-bond donors (Lipinski definition) is 1. The SMILES string of the molecule is Cc1ccc(C(=O)Oc2ccc(/C=N\NC(=O)c3cccc([N+](=O)[O-])c3)cc2)cc1. The first-order valence-electron chi connectivity index (χ1n) is 8.89. The average Bonchev–Trinajstić information content (AvgIpc) is 2.75. The third-order valence-electron chi connectivity index (χ3n) is 4.08. The van der Waals surface area contributed by atoms with Crippen LogP contribution in [0.15, 0.2) is 77.9 Å². The summed E-state index contributed by atoms with van der Waals surface area (Å²) in [5.74, 6) is -0.655. The predicted octanol–water partition coefficient (Wildman–Crippen LogP) is 3.89. The third-order valence-corrected chi connectivity index (χ3v) is 4.08. The minimum absolute atomic E-state index is 0.125. The van der Waals surface area contributed by atoms with Crippen LogP contribution in [0.2, 0.25) is 0 Å². The molecule has 0 aliphatic carbocycles. The maximum absolute atomic E-state index is 12.1. The van der Waals surface area contributed by atoms with Crippen LogP contribution in [0.4, 0.5) is 5.69 Å². The number of hydrogen-bond acceptors (Lipinski definition) is 6. The van der Waals surface area contributed by atoms with Gasteiger partial charge in [-0.15, -0.1) is 0 Å². The van der Waals surface area contributed by atoms with E-state index in [-0.39, 0.29) is 11.3 Å². The number of nitro benzene ring substituents is 1. The first-order chi connectivity index (χ1) is 14.4. The smallest absolute Gasteiger partial charge is 0.343 e. The van der Waals surface area contributed by atoms with Gasteiger partial charge in [-0.05, 0) is 55.0 Å². The minimum Gasteiger partial charge on any atom is -0.423 e. The van der Waals surface area contributed by atoms with Gasteiger partial charge in [0.05, 0.1) is 16.7 Å². The lowest BCUT2D eigenvalue weighted by atomic mass is 10.1. The molecule has 0 fully saturated rings. The summed E-state index contributed by atoms with van der Waals surface area (Å²) < 4.78 is 5.32. The second-order valence-electron chi connectivity index (χ2n) is 6.33. The highest BCUT2D eigenvalue weighted by Gasteiger charge is 2.11. The van der Waals surface area contributed by atoms with E-state index < -0.39 is 16.8 Å². The van der Waals surface area contributed by atoms with E-state index in [2.05, 4.69) is 10.5 Å². The van der Waals surface area contributed by atoms with Crippen LogP contribution in [0.3, 0.4) is 0 Å². The van der Waals surface area contributed by atoms with Gasteiger partial charge in [-0.1, -0.05) is 23.8 Å². The fraction of sp³-hybridized carbons (Fsp3) is 0.0455. The zero-order chi connectivity index (χ0) is 21.5. The summed E-state index contributed by atoms with van der Waals surface area (Å²) in [6.45, 7) is 1.93. The number of rotatable bonds is 6. The standard InChI is InChI=1S/C22H17N3O5/c1-15-5-9-17(10-6-15)22(27)30-20-11-7-16(8-12-20)14-23-24-21(26)18-3-2-4-19(13-18)25(28)29/h2-14H,1H3,(H,24,26)/b23-14-. The maximum atomic E-state index is 12.1. The van der Waals surface area contributed by atoms with E-state index in [1.165, 1.54) is 30.5 Å². The molecule has 0 saturated carbocycles. The first kappa shape index (κ1) is 20.4. The van der Waals surface area contributed by atoms with Crippen molar-refractivity contribution in [1.82, 2.24) is 5.43 Å². The summed E-state index contributed by atoms with van der Waals surface area (Å²) in [4.78, 5) is 34.4.